The number of nitrogens with one attached hydrogen (secondary N) is 1. The zero-order valence-electron chi connectivity index (χ0n) is 12.2. The number of para-hydroxylation sites is 2. The van der Waals surface area contributed by atoms with Crippen LogP contribution < -0.4 is 5.32 Å². The third-order valence-corrected chi connectivity index (χ3v) is 3.74. The number of anilines is 1. The molecule has 2 aromatic carbocycles. The van der Waals surface area contributed by atoms with E-state index in [1.807, 2.05) is 18.2 Å². The van der Waals surface area contributed by atoms with Crippen molar-refractivity contribution in [2.45, 2.75) is 0 Å². The first kappa shape index (κ1) is 15.1. The maximum absolute atomic E-state index is 11.9. The molecule has 0 atom stereocenters. The number of amides is 2. The average molecular weight is 329 g/mol. The summed E-state index contributed by atoms with van der Waals surface area (Å²) >= 11 is 5.96. The summed E-state index contributed by atoms with van der Waals surface area (Å²) in [6.07, 6.45) is 0. The number of aryl methyl sites for hydroxylation is 1. The molecule has 7 heteroatoms. The smallest absolute Gasteiger partial charge is 0.364 e. The van der Waals surface area contributed by atoms with E-state index in [0.29, 0.717) is 16.1 Å². The molecule has 2 amide bonds. The highest BCUT2D eigenvalue weighted by Gasteiger charge is 2.14. The molecule has 0 saturated heterocycles. The van der Waals surface area contributed by atoms with Gasteiger partial charge in [0.25, 0.3) is 0 Å². The van der Waals surface area contributed by atoms with Gasteiger partial charge in [0.05, 0.1) is 16.2 Å². The number of hydrogen-bond acceptors (Lipinski definition) is 3. The number of nitrogens with zero attached hydrogens (tertiary/aromatic N) is 3. The van der Waals surface area contributed by atoms with Crippen LogP contribution in [0.5, 0.6) is 5.88 Å². The first-order valence-corrected chi connectivity index (χ1v) is 7.19. The molecule has 1 heterocycles. The Bertz CT molecular complexity index is 918. The topological polar surface area (TPSA) is 79.0 Å². The Kier molecular flexibility index (Phi) is 3.99. The van der Waals surface area contributed by atoms with Crippen LogP contribution >= 0.6 is 11.6 Å². The maximum atomic E-state index is 11.9. The lowest BCUT2D eigenvalue weighted by Gasteiger charge is -2.02. The number of carbonyl (C=O) groups is 1. The fourth-order valence-corrected chi connectivity index (χ4v) is 2.44. The van der Waals surface area contributed by atoms with Crippen LogP contribution in [-0.2, 0) is 7.05 Å². The third-order valence-electron chi connectivity index (χ3n) is 3.41. The van der Waals surface area contributed by atoms with Crippen molar-refractivity contribution >= 4 is 39.9 Å². The maximum Gasteiger partial charge on any atom is 0.364 e. The van der Waals surface area contributed by atoms with Crippen LogP contribution in [0.3, 0.4) is 0 Å². The van der Waals surface area contributed by atoms with E-state index in [-0.39, 0.29) is 11.6 Å². The summed E-state index contributed by atoms with van der Waals surface area (Å²) in [6.45, 7) is 0. The quantitative estimate of drug-likeness (QED) is 0.659. The molecule has 116 valence electrons. The van der Waals surface area contributed by atoms with Gasteiger partial charge >= 0.3 is 6.03 Å². The first-order chi connectivity index (χ1) is 11.1. The molecule has 0 aliphatic heterocycles. The number of azo groups is 1. The number of urea groups is 1. The van der Waals surface area contributed by atoms with Crippen LogP contribution in [0.15, 0.2) is 58.8 Å². The molecule has 6 nitrogen and oxygen atoms in total. The Labute approximate surface area is 137 Å². The van der Waals surface area contributed by atoms with Crippen LogP contribution in [0.4, 0.5) is 16.2 Å². The lowest BCUT2D eigenvalue weighted by Crippen LogP contribution is -2.05. The SMILES string of the molecule is Cn1c(O)c(N=NC(=O)Nc2ccccc2Cl)c2ccccc21. The van der Waals surface area contributed by atoms with Crippen molar-refractivity contribution in [2.24, 2.45) is 17.3 Å². The van der Waals surface area contributed by atoms with E-state index in [1.165, 1.54) is 0 Å². The lowest BCUT2D eigenvalue weighted by atomic mass is 10.2. The highest BCUT2D eigenvalue weighted by atomic mass is 35.5. The fraction of sp³-hybridized carbons (Fsp3) is 0.0625. The largest absolute Gasteiger partial charge is 0.493 e. The van der Waals surface area contributed by atoms with Gasteiger partial charge in [-0.05, 0) is 18.2 Å². The van der Waals surface area contributed by atoms with E-state index in [1.54, 1.807) is 41.9 Å². The number of carbonyl (C=O) groups excluding carboxylic acids is 1. The van der Waals surface area contributed by atoms with Crippen LogP contribution in [0.25, 0.3) is 10.9 Å². The van der Waals surface area contributed by atoms with Crippen molar-refractivity contribution < 1.29 is 9.90 Å². The molecule has 0 aliphatic rings. The van der Waals surface area contributed by atoms with Crippen LogP contribution in [0.2, 0.25) is 5.02 Å². The van der Waals surface area contributed by atoms with Gasteiger partial charge in [-0.25, -0.2) is 4.79 Å². The molecule has 0 bridgehead atoms. The molecule has 0 fully saturated rings. The Balaban J connectivity index is 1.87. The molecular formula is C16H13ClN4O2. The Morgan fingerprint density at radius 3 is 2.65 bits per heavy atom. The minimum Gasteiger partial charge on any atom is -0.493 e. The number of halogens is 1. The Morgan fingerprint density at radius 2 is 1.87 bits per heavy atom. The summed E-state index contributed by atoms with van der Waals surface area (Å²) in [5.41, 5.74) is 1.49. The number of hydrogen-bond donors (Lipinski definition) is 2. The lowest BCUT2D eigenvalue weighted by molar-refractivity contribution is 0.258. The number of aromatic hydroxyl groups is 1. The molecule has 0 unspecified atom stereocenters. The predicted octanol–water partition coefficient (Wildman–Crippen LogP) is 4.85. The Hall–Kier alpha value is -2.86. The first-order valence-electron chi connectivity index (χ1n) is 6.81. The average Bonchev–Trinajstić information content (AvgIpc) is 2.80. The van der Waals surface area contributed by atoms with Crippen molar-refractivity contribution in [1.29, 1.82) is 0 Å². The van der Waals surface area contributed by atoms with Gasteiger partial charge in [0, 0.05) is 12.4 Å². The zero-order chi connectivity index (χ0) is 16.4. The summed E-state index contributed by atoms with van der Waals surface area (Å²) in [7, 11) is 1.71. The van der Waals surface area contributed by atoms with E-state index in [9.17, 15) is 9.90 Å². The number of benzene rings is 2. The van der Waals surface area contributed by atoms with Crippen molar-refractivity contribution in [3.8, 4) is 5.88 Å². The monoisotopic (exact) mass is 328 g/mol. The second-order valence-corrected chi connectivity index (χ2v) is 5.27. The minimum atomic E-state index is -0.676. The molecular weight excluding hydrogens is 316 g/mol. The summed E-state index contributed by atoms with van der Waals surface area (Å²) in [5.74, 6) is -0.0551. The van der Waals surface area contributed by atoms with Crippen molar-refractivity contribution in [3.63, 3.8) is 0 Å². The van der Waals surface area contributed by atoms with Crippen molar-refractivity contribution in [2.75, 3.05) is 5.32 Å². The van der Waals surface area contributed by atoms with Gasteiger partial charge in [-0.15, -0.1) is 5.11 Å². The summed E-state index contributed by atoms with van der Waals surface area (Å²) in [4.78, 5) is 11.9. The Morgan fingerprint density at radius 1 is 1.17 bits per heavy atom. The normalized spacial score (nSPS) is 11.2. The van der Waals surface area contributed by atoms with Crippen LogP contribution in [0.1, 0.15) is 0 Å². The highest BCUT2D eigenvalue weighted by Crippen LogP contribution is 2.37. The molecule has 0 saturated carbocycles. The van der Waals surface area contributed by atoms with Gasteiger partial charge < -0.3 is 15.0 Å². The second kappa shape index (κ2) is 6.10. The van der Waals surface area contributed by atoms with Gasteiger partial charge in [-0.2, -0.15) is 0 Å². The highest BCUT2D eigenvalue weighted by molar-refractivity contribution is 6.33. The minimum absolute atomic E-state index is 0.0551. The molecule has 0 spiro atoms. The second-order valence-electron chi connectivity index (χ2n) is 4.86. The van der Waals surface area contributed by atoms with Gasteiger partial charge in [-0.3, -0.25) is 0 Å². The summed E-state index contributed by atoms with van der Waals surface area (Å²) in [5, 5.41) is 21.3. The summed E-state index contributed by atoms with van der Waals surface area (Å²) in [6, 6.07) is 13.5. The molecule has 0 aliphatic carbocycles. The molecule has 1 aromatic heterocycles. The van der Waals surface area contributed by atoms with Gasteiger partial charge in [0.1, 0.15) is 0 Å². The van der Waals surface area contributed by atoms with E-state index >= 15 is 0 Å². The van der Waals surface area contributed by atoms with E-state index < -0.39 is 6.03 Å². The van der Waals surface area contributed by atoms with Crippen molar-refractivity contribution in [1.82, 2.24) is 4.57 Å². The van der Waals surface area contributed by atoms with E-state index in [2.05, 4.69) is 15.5 Å². The third kappa shape index (κ3) is 2.89. The number of rotatable bonds is 2. The number of fused-ring (bicyclic) bond motifs is 1. The van der Waals surface area contributed by atoms with Crippen molar-refractivity contribution in [3.05, 3.63) is 53.6 Å². The molecule has 0 radical (unpaired) electrons. The molecule has 23 heavy (non-hydrogen) atoms. The van der Waals surface area contributed by atoms with Gasteiger partial charge in [-0.1, -0.05) is 47.0 Å². The van der Waals surface area contributed by atoms with E-state index in [0.717, 1.165) is 5.52 Å². The summed E-state index contributed by atoms with van der Waals surface area (Å²) < 4.78 is 1.58. The molecule has 2 N–H and O–H groups in total. The number of aromatic nitrogens is 1. The van der Waals surface area contributed by atoms with Crippen LogP contribution in [-0.4, -0.2) is 15.7 Å². The predicted molar refractivity (Wildman–Crippen MR) is 89.6 cm³/mol. The standard InChI is InChI=1S/C16H13ClN4O2/c1-21-13-9-5-2-6-10(13)14(15(21)22)19-20-16(23)18-12-8-4-3-7-11(12)17/h2-9,22H,1H3,(H,18,23). The van der Waals surface area contributed by atoms with Gasteiger partial charge in [0.2, 0.25) is 5.88 Å². The molecule has 3 rings (SSSR count). The fourth-order valence-electron chi connectivity index (χ4n) is 2.26. The zero-order valence-corrected chi connectivity index (χ0v) is 12.9. The molecule has 3 aromatic rings. The van der Waals surface area contributed by atoms with Gasteiger partial charge in [0.15, 0.2) is 5.69 Å². The van der Waals surface area contributed by atoms with Crippen LogP contribution in [0, 0.1) is 0 Å². The van der Waals surface area contributed by atoms with E-state index in [4.69, 9.17) is 11.6 Å².